The van der Waals surface area contributed by atoms with Gasteiger partial charge in [-0.2, -0.15) is 5.10 Å². The lowest BCUT2D eigenvalue weighted by molar-refractivity contribution is 0.0150. The van der Waals surface area contributed by atoms with Gasteiger partial charge < -0.3 is 14.8 Å². The van der Waals surface area contributed by atoms with Crippen LogP contribution in [0, 0.1) is 13.8 Å². The van der Waals surface area contributed by atoms with Gasteiger partial charge in [-0.1, -0.05) is 6.08 Å². The number of hydrogen-bond donors (Lipinski definition) is 1. The highest BCUT2D eigenvalue weighted by Crippen LogP contribution is 2.31. The average molecular weight is 488 g/mol. The first-order valence-corrected chi connectivity index (χ1v) is 12.5. The number of carbonyl (C=O) groups excluding carboxylic acids is 1. The van der Waals surface area contributed by atoms with Crippen LogP contribution in [-0.4, -0.2) is 65.0 Å². The van der Waals surface area contributed by atoms with Gasteiger partial charge in [0.05, 0.1) is 61.0 Å². The Morgan fingerprint density at radius 2 is 1.92 bits per heavy atom. The van der Waals surface area contributed by atoms with Crippen molar-refractivity contribution in [3.05, 3.63) is 71.3 Å². The molecule has 8 heteroatoms. The van der Waals surface area contributed by atoms with E-state index in [1.54, 1.807) is 24.2 Å². The first-order valence-electron chi connectivity index (χ1n) is 12.5. The SMILES string of the molecule is COc1ccc(-n2ncc(C(=O)Nc3cnc(C4=CCC(N5CCOCC5)CC4)c(C)c3)c2C)cc1. The molecule has 5 rings (SSSR count). The Labute approximate surface area is 211 Å². The Kier molecular flexibility index (Phi) is 7.16. The predicted molar refractivity (Wildman–Crippen MR) is 140 cm³/mol. The zero-order valence-corrected chi connectivity index (χ0v) is 21.2. The molecule has 0 radical (unpaired) electrons. The van der Waals surface area contributed by atoms with Gasteiger partial charge in [-0.25, -0.2) is 4.68 Å². The topological polar surface area (TPSA) is 81.5 Å². The first kappa shape index (κ1) is 24.2. The van der Waals surface area contributed by atoms with E-state index in [9.17, 15) is 4.79 Å². The molecule has 188 valence electrons. The Morgan fingerprint density at radius 1 is 1.14 bits per heavy atom. The molecule has 1 saturated heterocycles. The molecule has 1 fully saturated rings. The Hall–Kier alpha value is -3.49. The van der Waals surface area contributed by atoms with E-state index in [0.717, 1.165) is 74.0 Å². The number of allylic oxidation sites excluding steroid dienone is 1. The Bertz CT molecular complexity index is 1260. The molecular weight excluding hydrogens is 454 g/mol. The third kappa shape index (κ3) is 5.05. The monoisotopic (exact) mass is 487 g/mol. The van der Waals surface area contributed by atoms with Crippen LogP contribution in [0.25, 0.3) is 11.3 Å². The number of aryl methyl sites for hydroxylation is 1. The minimum atomic E-state index is -0.202. The van der Waals surface area contributed by atoms with E-state index in [4.69, 9.17) is 14.5 Å². The fourth-order valence-corrected chi connectivity index (χ4v) is 5.10. The number of ether oxygens (including phenoxy) is 2. The number of aromatic nitrogens is 3. The van der Waals surface area contributed by atoms with Crippen LogP contribution in [0.1, 0.15) is 46.6 Å². The van der Waals surface area contributed by atoms with E-state index in [1.165, 1.54) is 5.57 Å². The molecule has 1 N–H and O–H groups in total. The molecule has 8 nitrogen and oxygen atoms in total. The quantitative estimate of drug-likeness (QED) is 0.555. The molecule has 3 aromatic rings. The summed E-state index contributed by atoms with van der Waals surface area (Å²) in [5.74, 6) is 0.570. The molecule has 1 aliphatic carbocycles. The number of rotatable bonds is 6. The van der Waals surface area contributed by atoms with Crippen LogP contribution in [0.15, 0.2) is 48.8 Å². The van der Waals surface area contributed by atoms with Gasteiger partial charge in [0.15, 0.2) is 0 Å². The van der Waals surface area contributed by atoms with Gasteiger partial charge in [0.25, 0.3) is 5.91 Å². The zero-order valence-electron chi connectivity index (χ0n) is 21.2. The molecule has 1 aromatic carbocycles. The first-order chi connectivity index (χ1) is 17.5. The van der Waals surface area contributed by atoms with Gasteiger partial charge in [-0.3, -0.25) is 14.7 Å². The van der Waals surface area contributed by atoms with Crippen molar-refractivity contribution < 1.29 is 14.3 Å². The number of nitrogens with one attached hydrogen (secondary N) is 1. The molecule has 2 aliphatic rings. The fourth-order valence-electron chi connectivity index (χ4n) is 5.10. The van der Waals surface area contributed by atoms with E-state index in [2.05, 4.69) is 28.3 Å². The maximum absolute atomic E-state index is 13.0. The molecule has 36 heavy (non-hydrogen) atoms. The number of amides is 1. The number of benzene rings is 1. The van der Waals surface area contributed by atoms with E-state index >= 15 is 0 Å². The Balaban J connectivity index is 1.25. The molecule has 0 bridgehead atoms. The maximum atomic E-state index is 13.0. The second-order valence-corrected chi connectivity index (χ2v) is 9.40. The molecule has 1 amide bonds. The summed E-state index contributed by atoms with van der Waals surface area (Å²) in [7, 11) is 1.63. The fraction of sp³-hybridized carbons (Fsp3) is 0.393. The van der Waals surface area contributed by atoms with Crippen molar-refractivity contribution in [2.45, 2.75) is 39.2 Å². The molecular formula is C28H33N5O3. The molecule has 1 atom stereocenters. The highest BCUT2D eigenvalue weighted by Gasteiger charge is 2.24. The smallest absolute Gasteiger partial charge is 0.259 e. The van der Waals surface area contributed by atoms with Crippen molar-refractivity contribution in [1.82, 2.24) is 19.7 Å². The van der Waals surface area contributed by atoms with Crippen LogP contribution in [0.2, 0.25) is 0 Å². The normalized spacial score (nSPS) is 18.5. The van der Waals surface area contributed by atoms with Crippen LogP contribution in [-0.2, 0) is 4.74 Å². The minimum absolute atomic E-state index is 0.202. The Morgan fingerprint density at radius 3 is 2.58 bits per heavy atom. The van der Waals surface area contributed by atoms with Gasteiger partial charge in [0.1, 0.15) is 5.75 Å². The summed E-state index contributed by atoms with van der Waals surface area (Å²) in [4.78, 5) is 20.3. The molecule has 2 aromatic heterocycles. The summed E-state index contributed by atoms with van der Waals surface area (Å²) in [6.07, 6.45) is 8.90. The minimum Gasteiger partial charge on any atom is -0.497 e. The van der Waals surface area contributed by atoms with Crippen molar-refractivity contribution in [2.24, 2.45) is 0 Å². The molecule has 0 spiro atoms. The lowest BCUT2D eigenvalue weighted by Crippen LogP contribution is -2.43. The molecule has 1 unspecified atom stereocenters. The summed E-state index contributed by atoms with van der Waals surface area (Å²) in [5.41, 5.74) is 6.22. The summed E-state index contributed by atoms with van der Waals surface area (Å²) in [6, 6.07) is 10.2. The highest BCUT2D eigenvalue weighted by atomic mass is 16.5. The second kappa shape index (κ2) is 10.6. The standard InChI is InChI=1S/C28H33N5O3/c1-19-16-22(17-29-27(19)21-4-6-23(7-5-21)32-12-14-36-15-13-32)31-28(34)26-18-30-33(20(26)2)24-8-10-25(35-3)11-9-24/h4,8-11,16-18,23H,5-7,12-15H2,1-3H3,(H,31,34). The van der Waals surface area contributed by atoms with Crippen molar-refractivity contribution in [1.29, 1.82) is 0 Å². The second-order valence-electron chi connectivity index (χ2n) is 9.40. The summed E-state index contributed by atoms with van der Waals surface area (Å²) in [5, 5.41) is 7.41. The number of morpholine rings is 1. The molecule has 3 heterocycles. The third-order valence-electron chi connectivity index (χ3n) is 7.16. The van der Waals surface area contributed by atoms with E-state index < -0.39 is 0 Å². The van der Waals surface area contributed by atoms with Gasteiger partial charge in [0.2, 0.25) is 0 Å². The van der Waals surface area contributed by atoms with Crippen LogP contribution < -0.4 is 10.1 Å². The van der Waals surface area contributed by atoms with Crippen LogP contribution >= 0.6 is 0 Å². The number of nitrogens with zero attached hydrogens (tertiary/aromatic N) is 4. The number of hydrogen-bond acceptors (Lipinski definition) is 6. The van der Waals surface area contributed by atoms with Crippen LogP contribution in [0.5, 0.6) is 5.75 Å². The van der Waals surface area contributed by atoms with Crippen molar-refractivity contribution in [3.8, 4) is 11.4 Å². The highest BCUT2D eigenvalue weighted by molar-refractivity contribution is 6.05. The van der Waals surface area contributed by atoms with Crippen molar-refractivity contribution in [2.75, 3.05) is 38.7 Å². The van der Waals surface area contributed by atoms with Crippen molar-refractivity contribution >= 4 is 17.2 Å². The van der Waals surface area contributed by atoms with Crippen molar-refractivity contribution in [3.63, 3.8) is 0 Å². The summed E-state index contributed by atoms with van der Waals surface area (Å²) >= 11 is 0. The summed E-state index contributed by atoms with van der Waals surface area (Å²) in [6.45, 7) is 7.67. The zero-order chi connectivity index (χ0) is 25.1. The van der Waals surface area contributed by atoms with Gasteiger partial charge in [0, 0.05) is 19.1 Å². The van der Waals surface area contributed by atoms with E-state index in [0.29, 0.717) is 17.3 Å². The maximum Gasteiger partial charge on any atom is 0.259 e. The number of pyridine rings is 1. The number of methoxy groups -OCH3 is 1. The van der Waals surface area contributed by atoms with Gasteiger partial charge >= 0.3 is 0 Å². The molecule has 1 aliphatic heterocycles. The van der Waals surface area contributed by atoms with Gasteiger partial charge in [-0.15, -0.1) is 0 Å². The molecule has 0 saturated carbocycles. The van der Waals surface area contributed by atoms with Crippen LogP contribution in [0.3, 0.4) is 0 Å². The lowest BCUT2D eigenvalue weighted by Gasteiger charge is -2.36. The number of carbonyl (C=O) groups is 1. The predicted octanol–water partition coefficient (Wildman–Crippen LogP) is 4.41. The third-order valence-corrected chi connectivity index (χ3v) is 7.16. The summed E-state index contributed by atoms with van der Waals surface area (Å²) < 4.78 is 12.5. The average Bonchev–Trinajstić information content (AvgIpc) is 3.31. The van der Waals surface area contributed by atoms with E-state index in [1.807, 2.05) is 37.3 Å². The van der Waals surface area contributed by atoms with Crippen LogP contribution in [0.4, 0.5) is 5.69 Å². The largest absolute Gasteiger partial charge is 0.497 e. The number of anilines is 1. The lowest BCUT2D eigenvalue weighted by atomic mass is 9.90. The van der Waals surface area contributed by atoms with E-state index in [-0.39, 0.29) is 5.91 Å². The van der Waals surface area contributed by atoms with Gasteiger partial charge in [-0.05, 0) is 74.6 Å².